The molecule has 0 spiro atoms. The van der Waals surface area contributed by atoms with Crippen LogP contribution in [0.4, 0.5) is 0 Å². The highest BCUT2D eigenvalue weighted by molar-refractivity contribution is 7.99. The molecule has 1 fully saturated rings. The molecule has 1 aliphatic rings. The van der Waals surface area contributed by atoms with E-state index in [2.05, 4.69) is 17.1 Å². The minimum absolute atomic E-state index is 0.217. The number of aromatic nitrogens is 2. The summed E-state index contributed by atoms with van der Waals surface area (Å²) in [6.07, 6.45) is 2.39. The van der Waals surface area contributed by atoms with E-state index in [0.717, 1.165) is 17.5 Å². The zero-order valence-electron chi connectivity index (χ0n) is 9.72. The van der Waals surface area contributed by atoms with Crippen molar-refractivity contribution in [1.29, 1.82) is 0 Å². The fraction of sp³-hybridized carbons (Fsp3) is 0.818. The SMILES string of the molecule is CC(CO)CSC(C)c1nc(C2CC2)no1. The molecule has 2 atom stereocenters. The Kier molecular flexibility index (Phi) is 3.86. The highest BCUT2D eigenvalue weighted by atomic mass is 32.2. The maximum absolute atomic E-state index is 8.94. The van der Waals surface area contributed by atoms with Gasteiger partial charge in [0.15, 0.2) is 5.82 Å². The Balaban J connectivity index is 1.84. The first kappa shape index (κ1) is 11.9. The molecule has 1 N–H and O–H groups in total. The van der Waals surface area contributed by atoms with Gasteiger partial charge >= 0.3 is 0 Å². The van der Waals surface area contributed by atoms with Crippen LogP contribution in [0.5, 0.6) is 0 Å². The minimum Gasteiger partial charge on any atom is -0.396 e. The minimum atomic E-state index is 0.217. The van der Waals surface area contributed by atoms with Gasteiger partial charge in [0.2, 0.25) is 5.89 Å². The first-order valence-electron chi connectivity index (χ1n) is 5.76. The molecular formula is C11H18N2O2S. The summed E-state index contributed by atoms with van der Waals surface area (Å²) < 4.78 is 5.25. The van der Waals surface area contributed by atoms with Crippen LogP contribution in [-0.4, -0.2) is 27.6 Å². The lowest BCUT2D eigenvalue weighted by atomic mass is 10.2. The van der Waals surface area contributed by atoms with Crippen molar-refractivity contribution in [3.63, 3.8) is 0 Å². The van der Waals surface area contributed by atoms with Crippen molar-refractivity contribution >= 4 is 11.8 Å². The highest BCUT2D eigenvalue weighted by Gasteiger charge is 2.29. The van der Waals surface area contributed by atoms with Crippen molar-refractivity contribution in [2.45, 2.75) is 37.9 Å². The van der Waals surface area contributed by atoms with Gasteiger partial charge in [-0.15, -0.1) is 11.8 Å². The van der Waals surface area contributed by atoms with Gasteiger partial charge in [-0.25, -0.2) is 0 Å². The summed E-state index contributed by atoms with van der Waals surface area (Å²) >= 11 is 1.75. The second-order valence-corrected chi connectivity index (χ2v) is 5.90. The van der Waals surface area contributed by atoms with Crippen LogP contribution in [0.2, 0.25) is 0 Å². The largest absolute Gasteiger partial charge is 0.396 e. The molecule has 0 radical (unpaired) electrons. The summed E-state index contributed by atoms with van der Waals surface area (Å²) in [5.74, 6) is 3.37. The summed E-state index contributed by atoms with van der Waals surface area (Å²) in [7, 11) is 0. The molecule has 1 aromatic rings. The molecule has 1 heterocycles. The molecule has 0 saturated heterocycles. The van der Waals surface area contributed by atoms with E-state index in [0.29, 0.717) is 11.8 Å². The summed E-state index contributed by atoms with van der Waals surface area (Å²) in [4.78, 5) is 4.41. The van der Waals surface area contributed by atoms with Gasteiger partial charge in [0.05, 0.1) is 5.25 Å². The Labute approximate surface area is 99.8 Å². The number of hydrogen-bond donors (Lipinski definition) is 1. The summed E-state index contributed by atoms with van der Waals surface area (Å²) in [5.41, 5.74) is 0. The van der Waals surface area contributed by atoms with Gasteiger partial charge in [-0.2, -0.15) is 4.98 Å². The average molecular weight is 242 g/mol. The van der Waals surface area contributed by atoms with Gasteiger partial charge in [-0.3, -0.25) is 0 Å². The molecule has 90 valence electrons. The molecule has 2 unspecified atom stereocenters. The van der Waals surface area contributed by atoms with E-state index < -0.39 is 0 Å². The fourth-order valence-corrected chi connectivity index (χ4v) is 2.31. The maximum Gasteiger partial charge on any atom is 0.239 e. The molecule has 1 aliphatic carbocycles. The number of hydrogen-bond acceptors (Lipinski definition) is 5. The van der Waals surface area contributed by atoms with Gasteiger partial charge in [0.25, 0.3) is 0 Å². The molecule has 0 amide bonds. The summed E-state index contributed by atoms with van der Waals surface area (Å²) in [6.45, 7) is 4.33. The van der Waals surface area contributed by atoms with Crippen LogP contribution in [0.3, 0.4) is 0 Å². The number of aliphatic hydroxyl groups is 1. The Morgan fingerprint density at radius 2 is 2.25 bits per heavy atom. The van der Waals surface area contributed by atoms with Gasteiger partial charge in [0, 0.05) is 12.5 Å². The fourth-order valence-electron chi connectivity index (χ4n) is 1.35. The average Bonchev–Trinajstić information content (AvgIpc) is 3.03. The van der Waals surface area contributed by atoms with E-state index in [9.17, 15) is 0 Å². The standard InChI is InChI=1S/C11H18N2O2S/c1-7(5-14)6-16-8(2)11-12-10(13-15-11)9-3-4-9/h7-9,14H,3-6H2,1-2H3. The van der Waals surface area contributed by atoms with E-state index in [1.807, 2.05) is 6.92 Å². The van der Waals surface area contributed by atoms with Crippen molar-refractivity contribution in [3.8, 4) is 0 Å². The molecule has 1 aromatic heterocycles. The smallest absolute Gasteiger partial charge is 0.239 e. The predicted octanol–water partition coefficient (Wildman–Crippen LogP) is 2.37. The van der Waals surface area contributed by atoms with Crippen molar-refractivity contribution < 1.29 is 9.63 Å². The lowest BCUT2D eigenvalue weighted by Crippen LogP contribution is -2.05. The normalized spacial score (nSPS) is 19.7. The number of nitrogens with zero attached hydrogens (tertiary/aromatic N) is 2. The molecule has 4 nitrogen and oxygen atoms in total. The second-order valence-electron chi connectivity index (χ2n) is 4.53. The highest BCUT2D eigenvalue weighted by Crippen LogP contribution is 2.39. The lowest BCUT2D eigenvalue weighted by Gasteiger charge is -2.09. The maximum atomic E-state index is 8.94. The third-order valence-electron chi connectivity index (χ3n) is 2.69. The Morgan fingerprint density at radius 3 is 2.88 bits per heavy atom. The van der Waals surface area contributed by atoms with Crippen molar-refractivity contribution in [3.05, 3.63) is 11.7 Å². The monoisotopic (exact) mass is 242 g/mol. The molecule has 2 rings (SSSR count). The van der Waals surface area contributed by atoms with Crippen molar-refractivity contribution in [2.75, 3.05) is 12.4 Å². The third-order valence-corrected chi connectivity index (χ3v) is 4.15. The first-order valence-corrected chi connectivity index (χ1v) is 6.81. The third kappa shape index (κ3) is 2.98. The van der Waals surface area contributed by atoms with E-state index >= 15 is 0 Å². The number of aliphatic hydroxyl groups excluding tert-OH is 1. The van der Waals surface area contributed by atoms with Crippen molar-refractivity contribution in [1.82, 2.24) is 10.1 Å². The topological polar surface area (TPSA) is 59.2 Å². The summed E-state index contributed by atoms with van der Waals surface area (Å²) in [6, 6.07) is 0. The molecule has 0 bridgehead atoms. The van der Waals surface area contributed by atoms with Gasteiger partial charge in [0.1, 0.15) is 0 Å². The molecule has 5 heteroatoms. The molecule has 1 saturated carbocycles. The van der Waals surface area contributed by atoms with Crippen LogP contribution in [0.25, 0.3) is 0 Å². The van der Waals surface area contributed by atoms with Crippen LogP contribution in [0.15, 0.2) is 4.52 Å². The molecule has 16 heavy (non-hydrogen) atoms. The lowest BCUT2D eigenvalue weighted by molar-refractivity contribution is 0.250. The zero-order chi connectivity index (χ0) is 11.5. The Bertz CT molecular complexity index is 338. The van der Waals surface area contributed by atoms with E-state index in [4.69, 9.17) is 9.63 Å². The Hall–Kier alpha value is -0.550. The Morgan fingerprint density at radius 1 is 1.50 bits per heavy atom. The number of thioether (sulfide) groups is 1. The second kappa shape index (κ2) is 5.19. The quantitative estimate of drug-likeness (QED) is 0.830. The first-order chi connectivity index (χ1) is 7.70. The van der Waals surface area contributed by atoms with E-state index in [1.165, 1.54) is 12.8 Å². The number of rotatable bonds is 6. The van der Waals surface area contributed by atoms with Crippen LogP contribution in [0.1, 0.15) is 49.6 Å². The van der Waals surface area contributed by atoms with Crippen LogP contribution < -0.4 is 0 Å². The van der Waals surface area contributed by atoms with Crippen molar-refractivity contribution in [2.24, 2.45) is 5.92 Å². The van der Waals surface area contributed by atoms with E-state index in [-0.39, 0.29) is 11.9 Å². The van der Waals surface area contributed by atoms with Crippen LogP contribution in [-0.2, 0) is 0 Å². The molecule has 0 aromatic carbocycles. The predicted molar refractivity (Wildman–Crippen MR) is 63.4 cm³/mol. The summed E-state index contributed by atoms with van der Waals surface area (Å²) in [5, 5.41) is 13.2. The zero-order valence-corrected chi connectivity index (χ0v) is 10.5. The van der Waals surface area contributed by atoms with Crippen LogP contribution in [0, 0.1) is 5.92 Å². The molecule has 0 aliphatic heterocycles. The van der Waals surface area contributed by atoms with E-state index in [1.54, 1.807) is 11.8 Å². The van der Waals surface area contributed by atoms with Gasteiger partial charge in [-0.05, 0) is 31.4 Å². The van der Waals surface area contributed by atoms with Gasteiger partial charge < -0.3 is 9.63 Å². The molecular weight excluding hydrogens is 224 g/mol. The van der Waals surface area contributed by atoms with Crippen LogP contribution >= 0.6 is 11.8 Å². The van der Waals surface area contributed by atoms with Gasteiger partial charge in [-0.1, -0.05) is 12.1 Å².